The summed E-state index contributed by atoms with van der Waals surface area (Å²) in [5, 5.41) is 1.23. The summed E-state index contributed by atoms with van der Waals surface area (Å²) in [7, 11) is 0. The molecule has 98 valence electrons. The Morgan fingerprint density at radius 2 is 1.58 bits per heavy atom. The van der Waals surface area contributed by atoms with Crippen LogP contribution in [0.15, 0.2) is 30.3 Å². The van der Waals surface area contributed by atoms with E-state index in [4.69, 9.17) is 52.1 Å². The molecule has 0 saturated carbocycles. The molecular weight excluding hydrogens is 328 g/mol. The lowest BCUT2D eigenvalue weighted by atomic mass is 10.0. The van der Waals surface area contributed by atoms with Gasteiger partial charge in [-0.3, -0.25) is 4.79 Å². The molecule has 0 bridgehead atoms. The third-order valence-corrected chi connectivity index (χ3v) is 4.19. The largest absolute Gasteiger partial charge is 0.366 e. The summed E-state index contributed by atoms with van der Waals surface area (Å²) in [5.41, 5.74) is 6.84. The van der Waals surface area contributed by atoms with Crippen molar-refractivity contribution in [3.05, 3.63) is 56.0 Å². The van der Waals surface area contributed by atoms with E-state index in [1.165, 1.54) is 0 Å². The van der Waals surface area contributed by atoms with Gasteiger partial charge in [-0.2, -0.15) is 0 Å². The molecule has 0 fully saturated rings. The molecule has 0 radical (unpaired) electrons. The van der Waals surface area contributed by atoms with Crippen LogP contribution in [0.2, 0.25) is 20.1 Å². The van der Waals surface area contributed by atoms with Crippen LogP contribution in [0, 0.1) is 0 Å². The third-order valence-electron chi connectivity index (χ3n) is 2.58. The Morgan fingerprint density at radius 3 is 2.16 bits per heavy atom. The predicted octanol–water partition coefficient (Wildman–Crippen LogP) is 5.07. The summed E-state index contributed by atoms with van der Waals surface area (Å²) >= 11 is 24.0. The van der Waals surface area contributed by atoms with E-state index in [-0.39, 0.29) is 15.6 Å². The van der Waals surface area contributed by atoms with Crippen molar-refractivity contribution >= 4 is 52.3 Å². The molecular formula is C13H7Cl4NO. The van der Waals surface area contributed by atoms with E-state index in [2.05, 4.69) is 0 Å². The van der Waals surface area contributed by atoms with Crippen molar-refractivity contribution in [1.29, 1.82) is 0 Å². The molecule has 0 unspecified atom stereocenters. The molecule has 1 amide bonds. The summed E-state index contributed by atoms with van der Waals surface area (Å²) in [5.74, 6) is -0.586. The summed E-state index contributed by atoms with van der Waals surface area (Å²) in [6, 6.07) is 8.20. The van der Waals surface area contributed by atoms with Gasteiger partial charge in [0.05, 0.1) is 25.7 Å². The fourth-order valence-corrected chi connectivity index (χ4v) is 2.55. The maximum atomic E-state index is 11.1. The first-order chi connectivity index (χ1) is 8.91. The molecule has 0 aromatic heterocycles. The van der Waals surface area contributed by atoms with E-state index in [0.717, 1.165) is 5.56 Å². The fraction of sp³-hybridized carbons (Fsp3) is 0. The Balaban J connectivity index is 2.58. The Morgan fingerprint density at radius 1 is 0.895 bits per heavy atom. The normalized spacial score (nSPS) is 10.5. The molecule has 0 aliphatic carbocycles. The molecule has 0 spiro atoms. The van der Waals surface area contributed by atoms with E-state index in [1.807, 2.05) is 0 Å². The monoisotopic (exact) mass is 333 g/mol. The number of amides is 1. The highest BCUT2D eigenvalue weighted by molar-refractivity contribution is 6.49. The van der Waals surface area contributed by atoms with Gasteiger partial charge in [-0.15, -0.1) is 0 Å². The zero-order valence-electron chi connectivity index (χ0n) is 9.38. The second-order valence-electron chi connectivity index (χ2n) is 3.78. The van der Waals surface area contributed by atoms with Crippen LogP contribution in [-0.2, 0) is 0 Å². The Hall–Kier alpha value is -0.930. The summed E-state index contributed by atoms with van der Waals surface area (Å²) in [4.78, 5) is 11.1. The quantitative estimate of drug-likeness (QED) is 0.766. The topological polar surface area (TPSA) is 43.1 Å². The molecule has 2 aromatic rings. The molecule has 0 heterocycles. The van der Waals surface area contributed by atoms with Crippen LogP contribution in [0.5, 0.6) is 0 Å². The van der Waals surface area contributed by atoms with Gasteiger partial charge >= 0.3 is 0 Å². The Bertz CT molecular complexity index is 670. The standard InChI is InChI=1S/C13H7Cl4NO/c14-9-4-3-7(11(16)12(9)17)6-1-2-8(13(18)19)10(15)5-6/h1-5H,(H2,18,19). The molecule has 19 heavy (non-hydrogen) atoms. The lowest BCUT2D eigenvalue weighted by Gasteiger charge is -2.09. The summed E-state index contributed by atoms with van der Waals surface area (Å²) < 4.78 is 0. The smallest absolute Gasteiger partial charge is 0.250 e. The lowest BCUT2D eigenvalue weighted by Crippen LogP contribution is -2.11. The van der Waals surface area contributed by atoms with Crippen LogP contribution in [0.1, 0.15) is 10.4 Å². The van der Waals surface area contributed by atoms with Gasteiger partial charge < -0.3 is 5.73 Å². The zero-order chi connectivity index (χ0) is 14.2. The van der Waals surface area contributed by atoms with Crippen LogP contribution in [0.4, 0.5) is 0 Å². The van der Waals surface area contributed by atoms with Crippen LogP contribution in [0.25, 0.3) is 11.1 Å². The van der Waals surface area contributed by atoms with Crippen molar-refractivity contribution in [2.45, 2.75) is 0 Å². The van der Waals surface area contributed by atoms with Gasteiger partial charge in [-0.25, -0.2) is 0 Å². The van der Waals surface area contributed by atoms with Crippen molar-refractivity contribution in [2.24, 2.45) is 5.73 Å². The average Bonchev–Trinajstić information content (AvgIpc) is 2.35. The fourth-order valence-electron chi connectivity index (χ4n) is 1.63. The van der Waals surface area contributed by atoms with Crippen molar-refractivity contribution in [1.82, 2.24) is 0 Å². The molecule has 2 N–H and O–H groups in total. The first-order valence-electron chi connectivity index (χ1n) is 5.15. The number of hydrogen-bond donors (Lipinski definition) is 1. The average molecular weight is 335 g/mol. The maximum Gasteiger partial charge on any atom is 0.250 e. The van der Waals surface area contributed by atoms with Gasteiger partial charge in [0.2, 0.25) is 5.91 Å². The molecule has 2 aromatic carbocycles. The molecule has 6 heteroatoms. The van der Waals surface area contributed by atoms with Crippen LogP contribution in [-0.4, -0.2) is 5.91 Å². The minimum atomic E-state index is -0.586. The first kappa shape index (κ1) is 14.5. The number of carbonyl (C=O) groups is 1. The molecule has 0 aliphatic rings. The van der Waals surface area contributed by atoms with E-state index in [1.54, 1.807) is 30.3 Å². The Labute approximate surface area is 130 Å². The second kappa shape index (κ2) is 5.59. The van der Waals surface area contributed by atoms with Crippen molar-refractivity contribution < 1.29 is 4.79 Å². The van der Waals surface area contributed by atoms with Gasteiger partial charge in [0, 0.05) is 5.56 Å². The highest BCUT2D eigenvalue weighted by Crippen LogP contribution is 2.38. The molecule has 0 aliphatic heterocycles. The van der Waals surface area contributed by atoms with Crippen molar-refractivity contribution in [3.8, 4) is 11.1 Å². The highest BCUT2D eigenvalue weighted by atomic mass is 35.5. The van der Waals surface area contributed by atoms with Gasteiger partial charge in [0.25, 0.3) is 0 Å². The van der Waals surface area contributed by atoms with Crippen LogP contribution >= 0.6 is 46.4 Å². The second-order valence-corrected chi connectivity index (χ2v) is 5.35. The maximum absolute atomic E-state index is 11.1. The van der Waals surface area contributed by atoms with Crippen molar-refractivity contribution in [3.63, 3.8) is 0 Å². The number of carbonyl (C=O) groups excluding carboxylic acids is 1. The number of nitrogens with two attached hydrogens (primary N) is 1. The van der Waals surface area contributed by atoms with E-state index in [9.17, 15) is 4.79 Å². The SMILES string of the molecule is NC(=O)c1ccc(-c2ccc(Cl)c(Cl)c2Cl)cc1Cl. The minimum Gasteiger partial charge on any atom is -0.366 e. The Kier molecular flexibility index (Phi) is 4.26. The van der Waals surface area contributed by atoms with E-state index < -0.39 is 5.91 Å². The molecule has 2 rings (SSSR count). The summed E-state index contributed by atoms with van der Waals surface area (Å²) in [6.07, 6.45) is 0. The molecule has 0 atom stereocenters. The van der Waals surface area contributed by atoms with Crippen molar-refractivity contribution in [2.75, 3.05) is 0 Å². The number of primary amides is 1. The number of benzene rings is 2. The van der Waals surface area contributed by atoms with E-state index >= 15 is 0 Å². The first-order valence-corrected chi connectivity index (χ1v) is 6.66. The van der Waals surface area contributed by atoms with Gasteiger partial charge in [-0.1, -0.05) is 58.5 Å². The van der Waals surface area contributed by atoms with Crippen LogP contribution in [0.3, 0.4) is 0 Å². The minimum absolute atomic E-state index is 0.251. The lowest BCUT2D eigenvalue weighted by molar-refractivity contribution is 0.100. The number of hydrogen-bond acceptors (Lipinski definition) is 1. The van der Waals surface area contributed by atoms with Gasteiger partial charge in [0.15, 0.2) is 0 Å². The van der Waals surface area contributed by atoms with E-state index in [0.29, 0.717) is 15.6 Å². The summed E-state index contributed by atoms with van der Waals surface area (Å²) in [6.45, 7) is 0. The molecule has 0 saturated heterocycles. The number of halogens is 4. The zero-order valence-corrected chi connectivity index (χ0v) is 12.4. The molecule has 2 nitrogen and oxygen atoms in total. The number of rotatable bonds is 2. The highest BCUT2D eigenvalue weighted by Gasteiger charge is 2.13. The van der Waals surface area contributed by atoms with Crippen LogP contribution < -0.4 is 5.73 Å². The van der Waals surface area contributed by atoms with Gasteiger partial charge in [0.1, 0.15) is 0 Å². The van der Waals surface area contributed by atoms with Gasteiger partial charge in [-0.05, 0) is 23.8 Å². The third kappa shape index (κ3) is 2.82. The predicted molar refractivity (Wildman–Crippen MR) is 80.4 cm³/mol.